The molecular formula is C29H34N6O3. The van der Waals surface area contributed by atoms with Gasteiger partial charge in [0.25, 0.3) is 5.91 Å². The molecule has 0 spiro atoms. The minimum atomic E-state index is -0.105. The molecule has 9 nitrogen and oxygen atoms in total. The van der Waals surface area contributed by atoms with Gasteiger partial charge < -0.3 is 14.8 Å². The Morgan fingerprint density at radius 3 is 2.79 bits per heavy atom. The number of methoxy groups -OCH3 is 1. The van der Waals surface area contributed by atoms with Gasteiger partial charge in [-0.2, -0.15) is 10.2 Å². The van der Waals surface area contributed by atoms with Gasteiger partial charge in [-0.3, -0.25) is 9.48 Å². The standard InChI is InChI=1S/C29H34N6O3/c1-4-21-18(9-13-24-23(21)17-30-35(24)27-7-5-6-14-38-27)16-26-32-28(33-34(26)2)19-8-12-22(25(15-19)37-3)29(36)31-20-10-11-20/h8-9,12-13,15,17,20,27H,4-7,10-11,14,16H2,1-3H3,(H,31,36). The van der Waals surface area contributed by atoms with Gasteiger partial charge in [0.1, 0.15) is 11.6 Å². The molecule has 1 atom stereocenters. The number of fused-ring (bicyclic) bond motifs is 1. The molecule has 1 aliphatic carbocycles. The third-order valence-corrected chi connectivity index (χ3v) is 7.59. The van der Waals surface area contributed by atoms with E-state index in [9.17, 15) is 4.79 Å². The number of nitrogens with one attached hydrogen (secondary N) is 1. The van der Waals surface area contributed by atoms with Crippen molar-refractivity contribution in [2.75, 3.05) is 13.7 Å². The first kappa shape index (κ1) is 24.6. The fourth-order valence-electron chi connectivity index (χ4n) is 5.32. The van der Waals surface area contributed by atoms with E-state index < -0.39 is 0 Å². The Kier molecular flexibility index (Phi) is 6.61. The van der Waals surface area contributed by atoms with Crippen molar-refractivity contribution in [2.24, 2.45) is 7.05 Å². The summed E-state index contributed by atoms with van der Waals surface area (Å²) in [6, 6.07) is 10.1. The lowest BCUT2D eigenvalue weighted by Gasteiger charge is -2.23. The first-order valence-corrected chi connectivity index (χ1v) is 13.5. The predicted octanol–water partition coefficient (Wildman–Crippen LogP) is 4.58. The molecule has 1 aliphatic heterocycles. The number of carbonyl (C=O) groups excluding carboxylic acids is 1. The van der Waals surface area contributed by atoms with Crippen molar-refractivity contribution < 1.29 is 14.3 Å². The number of benzene rings is 2. The van der Waals surface area contributed by atoms with Crippen LogP contribution in [0.25, 0.3) is 22.3 Å². The monoisotopic (exact) mass is 514 g/mol. The minimum Gasteiger partial charge on any atom is -0.496 e. The number of nitrogens with zero attached hydrogens (tertiary/aromatic N) is 5. The topological polar surface area (TPSA) is 96.1 Å². The number of aryl methyl sites for hydroxylation is 2. The Hall–Kier alpha value is -3.72. The second-order valence-electron chi connectivity index (χ2n) is 10.2. The molecule has 9 heteroatoms. The van der Waals surface area contributed by atoms with Crippen LogP contribution in [0, 0.1) is 0 Å². The van der Waals surface area contributed by atoms with Crippen LogP contribution in [0.15, 0.2) is 36.5 Å². The molecule has 2 aromatic carbocycles. The van der Waals surface area contributed by atoms with Crippen molar-refractivity contribution in [1.82, 2.24) is 29.9 Å². The zero-order valence-electron chi connectivity index (χ0n) is 22.2. The molecule has 1 unspecified atom stereocenters. The first-order chi connectivity index (χ1) is 18.6. The average Bonchev–Trinajstić information content (AvgIpc) is 3.53. The van der Waals surface area contributed by atoms with E-state index in [1.807, 2.05) is 34.7 Å². The van der Waals surface area contributed by atoms with Crippen LogP contribution >= 0.6 is 0 Å². The third kappa shape index (κ3) is 4.67. The molecule has 4 aromatic rings. The second kappa shape index (κ2) is 10.2. The number of hydrogen-bond donors (Lipinski definition) is 1. The summed E-state index contributed by atoms with van der Waals surface area (Å²) in [6.07, 6.45) is 8.91. The van der Waals surface area contributed by atoms with Crippen LogP contribution in [-0.2, 0) is 24.6 Å². The average molecular weight is 515 g/mol. The maximum Gasteiger partial charge on any atom is 0.255 e. The second-order valence-corrected chi connectivity index (χ2v) is 10.2. The quantitative estimate of drug-likeness (QED) is 0.370. The van der Waals surface area contributed by atoms with Crippen molar-refractivity contribution in [3.63, 3.8) is 0 Å². The fraction of sp³-hybridized carbons (Fsp3) is 0.448. The molecule has 2 aromatic heterocycles. The van der Waals surface area contributed by atoms with E-state index in [0.29, 0.717) is 23.6 Å². The maximum absolute atomic E-state index is 12.6. The normalized spacial score (nSPS) is 17.6. The van der Waals surface area contributed by atoms with E-state index in [1.54, 1.807) is 13.2 Å². The highest BCUT2D eigenvalue weighted by Crippen LogP contribution is 2.31. The summed E-state index contributed by atoms with van der Waals surface area (Å²) in [5.41, 5.74) is 4.96. The van der Waals surface area contributed by atoms with Gasteiger partial charge in [0.05, 0.1) is 24.4 Å². The summed E-state index contributed by atoms with van der Waals surface area (Å²) >= 11 is 0. The van der Waals surface area contributed by atoms with Crippen molar-refractivity contribution in [3.8, 4) is 17.1 Å². The molecule has 198 valence electrons. The van der Waals surface area contributed by atoms with E-state index in [1.165, 1.54) is 22.9 Å². The summed E-state index contributed by atoms with van der Waals surface area (Å²) < 4.78 is 15.4. The van der Waals surface area contributed by atoms with Crippen LogP contribution in [0.4, 0.5) is 0 Å². The summed E-state index contributed by atoms with van der Waals surface area (Å²) in [5, 5.41) is 13.6. The van der Waals surface area contributed by atoms with Gasteiger partial charge in [-0.15, -0.1) is 0 Å². The zero-order chi connectivity index (χ0) is 26.2. The summed E-state index contributed by atoms with van der Waals surface area (Å²) in [7, 11) is 3.50. The van der Waals surface area contributed by atoms with Gasteiger partial charge in [0.2, 0.25) is 0 Å². The highest BCUT2D eigenvalue weighted by atomic mass is 16.5. The van der Waals surface area contributed by atoms with Crippen LogP contribution in [0.3, 0.4) is 0 Å². The van der Waals surface area contributed by atoms with Crippen LogP contribution < -0.4 is 10.1 Å². The molecule has 1 amide bonds. The number of rotatable bonds is 8. The van der Waals surface area contributed by atoms with Crippen molar-refractivity contribution >= 4 is 16.8 Å². The lowest BCUT2D eigenvalue weighted by molar-refractivity contribution is -0.0366. The fourth-order valence-corrected chi connectivity index (χ4v) is 5.32. The number of hydrogen-bond acceptors (Lipinski definition) is 6. The smallest absolute Gasteiger partial charge is 0.255 e. The molecule has 0 radical (unpaired) electrons. The van der Waals surface area contributed by atoms with Gasteiger partial charge in [-0.1, -0.05) is 19.1 Å². The highest BCUT2D eigenvalue weighted by Gasteiger charge is 2.26. The molecule has 2 fully saturated rings. The molecule has 2 aliphatic rings. The summed E-state index contributed by atoms with van der Waals surface area (Å²) in [6.45, 7) is 2.98. The maximum atomic E-state index is 12.6. The summed E-state index contributed by atoms with van der Waals surface area (Å²) in [5.74, 6) is 1.89. The van der Waals surface area contributed by atoms with Gasteiger partial charge in [0.15, 0.2) is 12.1 Å². The van der Waals surface area contributed by atoms with Crippen molar-refractivity contribution in [3.05, 3.63) is 59.0 Å². The molecule has 6 rings (SSSR count). The lowest BCUT2D eigenvalue weighted by atomic mass is 9.98. The largest absolute Gasteiger partial charge is 0.496 e. The van der Waals surface area contributed by atoms with E-state index in [4.69, 9.17) is 19.6 Å². The summed E-state index contributed by atoms with van der Waals surface area (Å²) in [4.78, 5) is 17.5. The van der Waals surface area contributed by atoms with Gasteiger partial charge >= 0.3 is 0 Å². The number of ether oxygens (including phenoxy) is 2. The van der Waals surface area contributed by atoms with Crippen molar-refractivity contribution in [1.29, 1.82) is 0 Å². The molecule has 1 saturated heterocycles. The van der Waals surface area contributed by atoms with Gasteiger partial charge in [-0.05, 0) is 67.9 Å². The molecular weight excluding hydrogens is 480 g/mol. The molecule has 3 heterocycles. The number of amides is 1. The molecule has 38 heavy (non-hydrogen) atoms. The van der Waals surface area contributed by atoms with Gasteiger partial charge in [0, 0.05) is 37.1 Å². The Labute approximate surface area is 222 Å². The van der Waals surface area contributed by atoms with Crippen molar-refractivity contribution in [2.45, 2.75) is 64.1 Å². The SMILES string of the molecule is CCc1c(Cc2nc(-c3ccc(C(=O)NC4CC4)c(OC)c3)nn2C)ccc2c1cnn2C1CCCCO1. The Morgan fingerprint density at radius 1 is 1.18 bits per heavy atom. The number of aromatic nitrogens is 5. The number of carbonyl (C=O) groups is 1. The predicted molar refractivity (Wildman–Crippen MR) is 144 cm³/mol. The Morgan fingerprint density at radius 2 is 2.05 bits per heavy atom. The van der Waals surface area contributed by atoms with E-state index >= 15 is 0 Å². The van der Waals surface area contributed by atoms with Crippen LogP contribution in [0.5, 0.6) is 5.75 Å². The van der Waals surface area contributed by atoms with Gasteiger partial charge in [-0.25, -0.2) is 9.67 Å². The molecule has 1 saturated carbocycles. The Balaban J connectivity index is 1.27. The minimum absolute atomic E-state index is 0.0151. The van der Waals surface area contributed by atoms with E-state index in [2.05, 4.69) is 29.5 Å². The van der Waals surface area contributed by atoms with Crippen LogP contribution in [-0.4, -0.2) is 50.2 Å². The Bertz CT molecular complexity index is 1480. The van der Waals surface area contributed by atoms with Crippen LogP contribution in [0.1, 0.15) is 72.6 Å². The molecule has 1 N–H and O–H groups in total. The van der Waals surface area contributed by atoms with E-state index in [-0.39, 0.29) is 18.2 Å². The highest BCUT2D eigenvalue weighted by molar-refractivity contribution is 5.97. The van der Waals surface area contributed by atoms with Crippen LogP contribution in [0.2, 0.25) is 0 Å². The molecule has 0 bridgehead atoms. The lowest BCUT2D eigenvalue weighted by Crippen LogP contribution is -2.25. The zero-order valence-corrected chi connectivity index (χ0v) is 22.2. The van der Waals surface area contributed by atoms with E-state index in [0.717, 1.165) is 55.6 Å². The first-order valence-electron chi connectivity index (χ1n) is 13.5. The third-order valence-electron chi connectivity index (χ3n) is 7.59.